The van der Waals surface area contributed by atoms with E-state index in [0.717, 1.165) is 11.4 Å². The summed E-state index contributed by atoms with van der Waals surface area (Å²) in [5, 5.41) is 9.48. The van der Waals surface area contributed by atoms with E-state index in [9.17, 15) is 4.79 Å². The summed E-state index contributed by atoms with van der Waals surface area (Å²) in [6.07, 6.45) is 1.92. The molecule has 0 spiro atoms. The Morgan fingerprint density at radius 3 is 2.68 bits per heavy atom. The lowest BCUT2D eigenvalue weighted by atomic mass is 10.1. The lowest BCUT2D eigenvalue weighted by molar-refractivity contribution is -0.133. The Labute approximate surface area is 116 Å². The molecule has 0 aliphatic heterocycles. The van der Waals surface area contributed by atoms with E-state index in [-0.39, 0.29) is 5.75 Å². The molecule has 0 aliphatic carbocycles. The Kier molecular flexibility index (Phi) is 3.95. The summed E-state index contributed by atoms with van der Waals surface area (Å²) in [6.45, 7) is 6.04. The molecule has 1 aromatic carbocycles. The number of hydrogen-bond donors (Lipinski definition) is 1. The van der Waals surface area contributed by atoms with E-state index in [2.05, 4.69) is 31.0 Å². The predicted octanol–water partition coefficient (Wildman–Crippen LogP) is 2.97. The highest BCUT2D eigenvalue weighted by molar-refractivity contribution is 7.99. The van der Waals surface area contributed by atoms with Crippen LogP contribution in [0.1, 0.15) is 16.8 Å². The first-order chi connectivity index (χ1) is 8.97. The zero-order valence-electron chi connectivity index (χ0n) is 11.2. The van der Waals surface area contributed by atoms with Gasteiger partial charge in [-0.15, -0.1) is 0 Å². The van der Waals surface area contributed by atoms with Gasteiger partial charge in [-0.2, -0.15) is 0 Å². The van der Waals surface area contributed by atoms with Crippen LogP contribution in [0.5, 0.6) is 0 Å². The molecule has 0 fully saturated rings. The van der Waals surface area contributed by atoms with E-state index >= 15 is 0 Å². The number of carboxylic acid groups (broad SMARTS) is 1. The zero-order valence-corrected chi connectivity index (χ0v) is 12.0. The first-order valence-electron chi connectivity index (χ1n) is 5.95. The molecule has 0 saturated heterocycles. The van der Waals surface area contributed by atoms with Gasteiger partial charge < -0.3 is 5.11 Å². The maximum Gasteiger partial charge on any atom is 0.313 e. The number of aromatic nitrogens is 2. The number of aryl methyl sites for hydroxylation is 3. The van der Waals surface area contributed by atoms with Crippen molar-refractivity contribution in [3.05, 3.63) is 41.2 Å². The zero-order chi connectivity index (χ0) is 14.0. The van der Waals surface area contributed by atoms with Gasteiger partial charge in [0.1, 0.15) is 0 Å². The van der Waals surface area contributed by atoms with Crippen molar-refractivity contribution >= 4 is 17.7 Å². The van der Waals surface area contributed by atoms with Crippen LogP contribution in [0.4, 0.5) is 0 Å². The summed E-state index contributed by atoms with van der Waals surface area (Å²) in [5.74, 6) is -0.821. The van der Waals surface area contributed by atoms with Gasteiger partial charge in [0.2, 0.25) is 0 Å². The number of rotatable bonds is 4. The van der Waals surface area contributed by atoms with Crippen molar-refractivity contribution in [1.29, 1.82) is 0 Å². The fourth-order valence-corrected chi connectivity index (χ4v) is 2.52. The molecule has 5 heteroatoms. The van der Waals surface area contributed by atoms with Gasteiger partial charge in [0.05, 0.1) is 11.4 Å². The third kappa shape index (κ3) is 3.17. The smallest absolute Gasteiger partial charge is 0.313 e. The first kappa shape index (κ1) is 13.7. The Hall–Kier alpha value is -1.75. The highest BCUT2D eigenvalue weighted by Crippen LogP contribution is 2.23. The Bertz CT molecular complexity index is 620. The van der Waals surface area contributed by atoms with Gasteiger partial charge in [-0.05, 0) is 44.0 Å². The predicted molar refractivity (Wildman–Crippen MR) is 76.1 cm³/mol. The molecule has 0 unspecified atom stereocenters. The van der Waals surface area contributed by atoms with Crippen LogP contribution in [-0.2, 0) is 4.79 Å². The SMILES string of the molecule is Cc1cn(-c2ccc(C)c(C)c2)c(SCC(=O)O)n1. The molecule has 0 radical (unpaired) electrons. The highest BCUT2D eigenvalue weighted by Gasteiger charge is 2.10. The third-order valence-electron chi connectivity index (χ3n) is 2.89. The quantitative estimate of drug-likeness (QED) is 0.872. The van der Waals surface area contributed by atoms with Crippen molar-refractivity contribution in [3.8, 4) is 5.69 Å². The van der Waals surface area contributed by atoms with E-state index in [1.54, 1.807) is 0 Å². The minimum absolute atomic E-state index is 0.0152. The fourth-order valence-electron chi connectivity index (χ4n) is 1.76. The van der Waals surface area contributed by atoms with Crippen LogP contribution in [0.3, 0.4) is 0 Å². The number of carbonyl (C=O) groups is 1. The van der Waals surface area contributed by atoms with Crippen LogP contribution < -0.4 is 0 Å². The largest absolute Gasteiger partial charge is 0.481 e. The van der Waals surface area contributed by atoms with Crippen LogP contribution in [0.15, 0.2) is 29.6 Å². The average molecular weight is 276 g/mol. The standard InChI is InChI=1S/C14H16N2O2S/c1-9-4-5-12(6-10(9)2)16-7-11(3)15-14(16)19-8-13(17)18/h4-7H,8H2,1-3H3,(H,17,18). The molecule has 0 amide bonds. The van der Waals surface area contributed by atoms with E-state index < -0.39 is 5.97 Å². The number of imidazole rings is 1. The van der Waals surface area contributed by atoms with Crippen molar-refractivity contribution in [3.63, 3.8) is 0 Å². The average Bonchev–Trinajstić information content (AvgIpc) is 2.71. The molecule has 100 valence electrons. The Morgan fingerprint density at radius 2 is 2.05 bits per heavy atom. The molecular formula is C14H16N2O2S. The molecule has 2 aromatic rings. The van der Waals surface area contributed by atoms with Crippen LogP contribution >= 0.6 is 11.8 Å². The van der Waals surface area contributed by atoms with Gasteiger partial charge >= 0.3 is 5.97 Å². The van der Waals surface area contributed by atoms with E-state index in [1.807, 2.05) is 23.8 Å². The second-order valence-electron chi connectivity index (χ2n) is 4.49. The maximum atomic E-state index is 10.7. The number of aliphatic carboxylic acids is 1. The molecule has 2 rings (SSSR count). The monoisotopic (exact) mass is 276 g/mol. The number of carboxylic acids is 1. The number of thioether (sulfide) groups is 1. The van der Waals surface area contributed by atoms with Gasteiger partial charge in [-0.1, -0.05) is 17.8 Å². The molecule has 0 aliphatic rings. The second-order valence-corrected chi connectivity index (χ2v) is 5.43. The Balaban J connectivity index is 2.37. The Morgan fingerprint density at radius 1 is 1.32 bits per heavy atom. The number of nitrogens with zero attached hydrogens (tertiary/aromatic N) is 2. The fraction of sp³-hybridized carbons (Fsp3) is 0.286. The molecule has 1 N–H and O–H groups in total. The second kappa shape index (κ2) is 5.48. The summed E-state index contributed by atoms with van der Waals surface area (Å²) in [5.41, 5.74) is 4.33. The summed E-state index contributed by atoms with van der Waals surface area (Å²) < 4.78 is 1.94. The first-order valence-corrected chi connectivity index (χ1v) is 6.94. The summed E-state index contributed by atoms with van der Waals surface area (Å²) in [7, 11) is 0. The molecule has 0 saturated carbocycles. The summed E-state index contributed by atoms with van der Waals surface area (Å²) in [4.78, 5) is 15.0. The molecule has 19 heavy (non-hydrogen) atoms. The molecule has 0 bridgehead atoms. The summed E-state index contributed by atoms with van der Waals surface area (Å²) >= 11 is 1.23. The van der Waals surface area contributed by atoms with E-state index in [1.165, 1.54) is 22.9 Å². The van der Waals surface area contributed by atoms with Gasteiger partial charge in [0.25, 0.3) is 0 Å². The molecule has 0 atom stereocenters. The van der Waals surface area contributed by atoms with Crippen molar-refractivity contribution in [1.82, 2.24) is 9.55 Å². The van der Waals surface area contributed by atoms with Crippen LogP contribution in [0.25, 0.3) is 5.69 Å². The van der Waals surface area contributed by atoms with Crippen molar-refractivity contribution < 1.29 is 9.90 Å². The van der Waals surface area contributed by atoms with Crippen LogP contribution in [0, 0.1) is 20.8 Å². The molecule has 1 aromatic heterocycles. The van der Waals surface area contributed by atoms with Gasteiger partial charge in [-0.3, -0.25) is 9.36 Å². The lowest BCUT2D eigenvalue weighted by Gasteiger charge is -2.09. The molecule has 4 nitrogen and oxygen atoms in total. The maximum absolute atomic E-state index is 10.7. The van der Waals surface area contributed by atoms with Gasteiger partial charge in [0.15, 0.2) is 5.16 Å². The van der Waals surface area contributed by atoms with Gasteiger partial charge in [0, 0.05) is 11.9 Å². The van der Waals surface area contributed by atoms with Crippen molar-refractivity contribution in [2.45, 2.75) is 25.9 Å². The molecule has 1 heterocycles. The molecular weight excluding hydrogens is 260 g/mol. The van der Waals surface area contributed by atoms with Crippen molar-refractivity contribution in [2.24, 2.45) is 0 Å². The van der Waals surface area contributed by atoms with E-state index in [4.69, 9.17) is 5.11 Å². The van der Waals surface area contributed by atoms with Gasteiger partial charge in [-0.25, -0.2) is 4.98 Å². The topological polar surface area (TPSA) is 55.1 Å². The summed E-state index contributed by atoms with van der Waals surface area (Å²) in [6, 6.07) is 6.17. The lowest BCUT2D eigenvalue weighted by Crippen LogP contribution is -2.01. The highest BCUT2D eigenvalue weighted by atomic mass is 32.2. The van der Waals surface area contributed by atoms with Crippen LogP contribution in [0.2, 0.25) is 0 Å². The third-order valence-corrected chi connectivity index (χ3v) is 3.82. The van der Waals surface area contributed by atoms with E-state index in [0.29, 0.717) is 5.16 Å². The van der Waals surface area contributed by atoms with Crippen LogP contribution in [-0.4, -0.2) is 26.4 Å². The van der Waals surface area contributed by atoms with Crippen molar-refractivity contribution in [2.75, 3.05) is 5.75 Å². The number of hydrogen-bond acceptors (Lipinski definition) is 3. The number of benzene rings is 1. The normalized spacial score (nSPS) is 10.7. The minimum Gasteiger partial charge on any atom is -0.481 e. The minimum atomic E-state index is -0.836.